The number of hydrogen-bond acceptors (Lipinski definition) is 4. The van der Waals surface area contributed by atoms with Gasteiger partial charge >= 0.3 is 0 Å². The number of rotatable bonds is 5. The Morgan fingerprint density at radius 3 is 2.43 bits per heavy atom. The number of anilines is 2. The van der Waals surface area contributed by atoms with Crippen molar-refractivity contribution in [2.24, 2.45) is 0 Å². The molecule has 21 heavy (non-hydrogen) atoms. The summed E-state index contributed by atoms with van der Waals surface area (Å²) >= 11 is 3.21. The molecule has 4 N–H and O–H groups in total. The SMILES string of the molecule is Nc1ccc(Br)c(S(=O)(=O)Nc2ccc(CCO)cc2)c1. The van der Waals surface area contributed by atoms with E-state index in [0.29, 0.717) is 22.3 Å². The van der Waals surface area contributed by atoms with Crippen LogP contribution in [0.2, 0.25) is 0 Å². The van der Waals surface area contributed by atoms with Crippen LogP contribution in [0.25, 0.3) is 0 Å². The minimum absolute atomic E-state index is 0.0569. The molecule has 0 amide bonds. The summed E-state index contributed by atoms with van der Waals surface area (Å²) in [7, 11) is -3.72. The number of nitrogen functional groups attached to an aromatic ring is 1. The lowest BCUT2D eigenvalue weighted by Crippen LogP contribution is -2.14. The van der Waals surface area contributed by atoms with Crippen molar-refractivity contribution in [3.63, 3.8) is 0 Å². The zero-order valence-corrected chi connectivity index (χ0v) is 13.5. The summed E-state index contributed by atoms with van der Waals surface area (Å²) < 4.78 is 27.6. The molecule has 2 aromatic rings. The van der Waals surface area contributed by atoms with Gasteiger partial charge in [-0.3, -0.25) is 4.72 Å². The summed E-state index contributed by atoms with van der Waals surface area (Å²) in [4.78, 5) is 0.0851. The minimum Gasteiger partial charge on any atom is -0.399 e. The summed E-state index contributed by atoms with van der Waals surface area (Å²) in [6.07, 6.45) is 0.536. The molecular formula is C14H15BrN2O3S. The second-order valence-electron chi connectivity index (χ2n) is 4.47. The Morgan fingerprint density at radius 1 is 1.14 bits per heavy atom. The Kier molecular flexibility index (Phi) is 4.87. The number of nitrogens with one attached hydrogen (secondary N) is 1. The van der Waals surface area contributed by atoms with E-state index >= 15 is 0 Å². The summed E-state index contributed by atoms with van der Waals surface area (Å²) in [5.74, 6) is 0. The van der Waals surface area contributed by atoms with E-state index in [2.05, 4.69) is 20.7 Å². The monoisotopic (exact) mass is 370 g/mol. The highest BCUT2D eigenvalue weighted by molar-refractivity contribution is 9.10. The third kappa shape index (κ3) is 3.96. The van der Waals surface area contributed by atoms with Gasteiger partial charge in [-0.15, -0.1) is 0 Å². The Bertz CT molecular complexity index is 730. The first-order chi connectivity index (χ1) is 9.92. The molecule has 0 atom stereocenters. The third-order valence-corrected chi connectivity index (χ3v) is 5.23. The normalized spacial score (nSPS) is 11.3. The molecule has 0 saturated carbocycles. The Hall–Kier alpha value is -1.57. The largest absolute Gasteiger partial charge is 0.399 e. The lowest BCUT2D eigenvalue weighted by molar-refractivity contribution is 0.299. The molecule has 112 valence electrons. The van der Waals surface area contributed by atoms with Crippen molar-refractivity contribution in [1.82, 2.24) is 0 Å². The maximum absolute atomic E-state index is 12.3. The predicted molar refractivity (Wildman–Crippen MR) is 86.6 cm³/mol. The van der Waals surface area contributed by atoms with Gasteiger partial charge in [0.15, 0.2) is 0 Å². The highest BCUT2D eigenvalue weighted by Gasteiger charge is 2.18. The number of halogens is 1. The summed E-state index contributed by atoms with van der Waals surface area (Å²) in [5.41, 5.74) is 7.39. The van der Waals surface area contributed by atoms with Crippen LogP contribution < -0.4 is 10.5 Å². The van der Waals surface area contributed by atoms with Crippen molar-refractivity contribution < 1.29 is 13.5 Å². The maximum Gasteiger partial charge on any atom is 0.263 e. The van der Waals surface area contributed by atoms with Crippen molar-refractivity contribution in [1.29, 1.82) is 0 Å². The van der Waals surface area contributed by atoms with Crippen LogP contribution >= 0.6 is 15.9 Å². The van der Waals surface area contributed by atoms with Gasteiger partial charge in [0.25, 0.3) is 10.0 Å². The van der Waals surface area contributed by atoms with Crippen LogP contribution in [0.5, 0.6) is 0 Å². The molecule has 0 aromatic heterocycles. The van der Waals surface area contributed by atoms with Crippen molar-refractivity contribution in [2.75, 3.05) is 17.1 Å². The number of aliphatic hydroxyl groups excluding tert-OH is 1. The van der Waals surface area contributed by atoms with Crippen LogP contribution in [-0.4, -0.2) is 20.1 Å². The maximum atomic E-state index is 12.3. The van der Waals surface area contributed by atoms with Crippen LogP contribution in [-0.2, 0) is 16.4 Å². The summed E-state index contributed by atoms with van der Waals surface area (Å²) in [6.45, 7) is 0.0569. The Labute approximate surface area is 132 Å². The Morgan fingerprint density at radius 2 is 1.81 bits per heavy atom. The van der Waals surface area contributed by atoms with Gasteiger partial charge < -0.3 is 10.8 Å². The average molecular weight is 371 g/mol. The lowest BCUT2D eigenvalue weighted by atomic mass is 10.1. The fraction of sp³-hybridized carbons (Fsp3) is 0.143. The molecule has 0 unspecified atom stereocenters. The van der Waals surface area contributed by atoms with Crippen molar-refractivity contribution >= 4 is 37.3 Å². The van der Waals surface area contributed by atoms with Gasteiger partial charge in [0, 0.05) is 22.5 Å². The zero-order chi connectivity index (χ0) is 15.5. The number of hydrogen-bond donors (Lipinski definition) is 3. The van der Waals surface area contributed by atoms with Gasteiger partial charge in [-0.05, 0) is 58.2 Å². The van der Waals surface area contributed by atoms with E-state index in [1.807, 2.05) is 0 Å². The van der Waals surface area contributed by atoms with Crippen LogP contribution in [0.3, 0.4) is 0 Å². The van der Waals surface area contributed by atoms with E-state index in [1.54, 1.807) is 36.4 Å². The molecule has 0 radical (unpaired) electrons. The fourth-order valence-corrected chi connectivity index (χ4v) is 3.86. The molecule has 0 bridgehead atoms. The van der Waals surface area contributed by atoms with E-state index in [4.69, 9.17) is 10.8 Å². The lowest BCUT2D eigenvalue weighted by Gasteiger charge is -2.10. The molecule has 2 rings (SSSR count). The van der Waals surface area contributed by atoms with Gasteiger partial charge in [0.1, 0.15) is 4.90 Å². The van der Waals surface area contributed by atoms with Gasteiger partial charge in [0.05, 0.1) is 0 Å². The van der Waals surface area contributed by atoms with Gasteiger partial charge in [-0.1, -0.05) is 12.1 Å². The van der Waals surface area contributed by atoms with E-state index in [9.17, 15) is 8.42 Å². The number of nitrogens with two attached hydrogens (primary N) is 1. The molecular weight excluding hydrogens is 356 g/mol. The molecule has 5 nitrogen and oxygen atoms in total. The first kappa shape index (κ1) is 15.8. The molecule has 0 aliphatic heterocycles. The predicted octanol–water partition coefficient (Wildman–Crippen LogP) is 2.37. The summed E-state index contributed by atoms with van der Waals surface area (Å²) in [5, 5.41) is 8.85. The van der Waals surface area contributed by atoms with Crippen LogP contribution in [0, 0.1) is 0 Å². The minimum atomic E-state index is -3.72. The molecule has 2 aromatic carbocycles. The van der Waals surface area contributed by atoms with Crippen molar-refractivity contribution in [3.8, 4) is 0 Å². The topological polar surface area (TPSA) is 92.4 Å². The molecule has 0 spiro atoms. The zero-order valence-electron chi connectivity index (χ0n) is 11.1. The summed E-state index contributed by atoms with van der Waals surface area (Å²) in [6, 6.07) is 11.4. The van der Waals surface area contributed by atoms with Crippen LogP contribution in [0.4, 0.5) is 11.4 Å². The standard InChI is InChI=1S/C14H15BrN2O3S/c15-13-6-3-11(16)9-14(13)21(19,20)17-12-4-1-10(2-5-12)7-8-18/h1-6,9,17-18H,7-8,16H2. The van der Waals surface area contributed by atoms with E-state index in [0.717, 1.165) is 5.56 Å². The average Bonchev–Trinajstić information content (AvgIpc) is 2.43. The van der Waals surface area contributed by atoms with Gasteiger partial charge in [0.2, 0.25) is 0 Å². The van der Waals surface area contributed by atoms with Gasteiger partial charge in [-0.25, -0.2) is 8.42 Å². The van der Waals surface area contributed by atoms with Crippen molar-refractivity contribution in [2.45, 2.75) is 11.3 Å². The second kappa shape index (κ2) is 6.46. The van der Waals surface area contributed by atoms with Crippen LogP contribution in [0.1, 0.15) is 5.56 Å². The van der Waals surface area contributed by atoms with E-state index < -0.39 is 10.0 Å². The molecule has 0 aliphatic carbocycles. The Balaban J connectivity index is 2.26. The molecule has 0 aliphatic rings. The molecule has 0 fully saturated rings. The molecule has 0 heterocycles. The smallest absolute Gasteiger partial charge is 0.263 e. The van der Waals surface area contributed by atoms with Crippen LogP contribution in [0.15, 0.2) is 51.8 Å². The molecule has 7 heteroatoms. The first-order valence-corrected chi connectivity index (χ1v) is 8.47. The number of benzene rings is 2. The van der Waals surface area contributed by atoms with Crippen molar-refractivity contribution in [3.05, 3.63) is 52.5 Å². The highest BCUT2D eigenvalue weighted by atomic mass is 79.9. The van der Waals surface area contributed by atoms with E-state index in [1.165, 1.54) is 6.07 Å². The second-order valence-corrected chi connectivity index (χ2v) is 6.97. The number of aliphatic hydroxyl groups is 1. The quantitative estimate of drug-likeness (QED) is 0.704. The number of sulfonamides is 1. The van der Waals surface area contributed by atoms with E-state index in [-0.39, 0.29) is 11.5 Å². The highest BCUT2D eigenvalue weighted by Crippen LogP contribution is 2.26. The van der Waals surface area contributed by atoms with Gasteiger partial charge in [-0.2, -0.15) is 0 Å². The fourth-order valence-electron chi connectivity index (χ4n) is 1.80. The first-order valence-electron chi connectivity index (χ1n) is 6.20. The molecule has 0 saturated heterocycles. The third-order valence-electron chi connectivity index (χ3n) is 2.85.